The molecule has 3 aromatic carbocycles. The van der Waals surface area contributed by atoms with E-state index in [2.05, 4.69) is 22.3 Å². The van der Waals surface area contributed by atoms with Crippen LogP contribution in [0.25, 0.3) is 34.0 Å². The highest BCUT2D eigenvalue weighted by Crippen LogP contribution is 2.27. The SMILES string of the molecule is O=[N+]([O-])c1ccc(-c2nnc(-c3ccc(-c4ccccc4)cc3)o2)cc1. The van der Waals surface area contributed by atoms with E-state index in [1.807, 2.05) is 42.5 Å². The van der Waals surface area contributed by atoms with Crippen molar-refractivity contribution in [3.8, 4) is 34.0 Å². The first-order chi connectivity index (χ1) is 12.7. The molecule has 0 aliphatic rings. The Bertz CT molecular complexity index is 1040. The van der Waals surface area contributed by atoms with E-state index in [1.165, 1.54) is 12.1 Å². The Balaban J connectivity index is 1.59. The second-order valence-electron chi connectivity index (χ2n) is 5.66. The lowest BCUT2D eigenvalue weighted by Crippen LogP contribution is -1.87. The van der Waals surface area contributed by atoms with Gasteiger partial charge in [0.25, 0.3) is 5.69 Å². The zero-order valence-electron chi connectivity index (χ0n) is 13.6. The van der Waals surface area contributed by atoms with Gasteiger partial charge in [-0.2, -0.15) is 0 Å². The summed E-state index contributed by atoms with van der Waals surface area (Å²) in [4.78, 5) is 10.3. The molecule has 4 aromatic rings. The van der Waals surface area contributed by atoms with E-state index in [0.29, 0.717) is 17.3 Å². The van der Waals surface area contributed by atoms with Crippen molar-refractivity contribution in [3.05, 3.63) is 89.0 Å². The van der Waals surface area contributed by atoms with Crippen molar-refractivity contribution in [1.29, 1.82) is 0 Å². The van der Waals surface area contributed by atoms with Crippen LogP contribution in [0.1, 0.15) is 0 Å². The summed E-state index contributed by atoms with van der Waals surface area (Å²) in [5.41, 5.74) is 3.70. The number of rotatable bonds is 4. The molecular weight excluding hydrogens is 330 g/mol. The maximum atomic E-state index is 10.7. The van der Waals surface area contributed by atoms with Crippen molar-refractivity contribution < 1.29 is 9.34 Å². The summed E-state index contributed by atoms with van der Waals surface area (Å²) in [7, 11) is 0. The standard InChI is InChI=1S/C20H13N3O3/c24-23(25)18-12-10-17(11-13-18)20-22-21-19(26-20)16-8-6-15(7-9-16)14-4-2-1-3-5-14/h1-13H. The van der Waals surface area contributed by atoms with Crippen molar-refractivity contribution in [2.45, 2.75) is 0 Å². The van der Waals surface area contributed by atoms with Crippen LogP contribution in [0.2, 0.25) is 0 Å². The van der Waals surface area contributed by atoms with Gasteiger partial charge in [0, 0.05) is 23.3 Å². The molecule has 0 aliphatic heterocycles. The minimum Gasteiger partial charge on any atom is -0.416 e. The lowest BCUT2D eigenvalue weighted by molar-refractivity contribution is -0.384. The van der Waals surface area contributed by atoms with Crippen LogP contribution in [0, 0.1) is 10.1 Å². The lowest BCUT2D eigenvalue weighted by atomic mass is 10.0. The van der Waals surface area contributed by atoms with Crippen molar-refractivity contribution in [2.24, 2.45) is 0 Å². The molecule has 4 rings (SSSR count). The number of non-ortho nitro benzene ring substituents is 1. The number of benzene rings is 3. The first-order valence-corrected chi connectivity index (χ1v) is 7.95. The fourth-order valence-electron chi connectivity index (χ4n) is 2.62. The van der Waals surface area contributed by atoms with Crippen LogP contribution in [0.5, 0.6) is 0 Å². The molecule has 26 heavy (non-hydrogen) atoms. The number of nitro benzene ring substituents is 1. The van der Waals surface area contributed by atoms with Gasteiger partial charge in [-0.05, 0) is 35.4 Å². The fraction of sp³-hybridized carbons (Fsp3) is 0. The Labute approximate surface area is 148 Å². The molecule has 0 spiro atoms. The highest BCUT2D eigenvalue weighted by molar-refractivity contribution is 5.67. The highest BCUT2D eigenvalue weighted by atomic mass is 16.6. The Morgan fingerprint density at radius 2 is 1.12 bits per heavy atom. The van der Waals surface area contributed by atoms with Gasteiger partial charge < -0.3 is 4.42 Å². The maximum absolute atomic E-state index is 10.7. The number of nitrogens with zero attached hydrogens (tertiary/aromatic N) is 3. The average molecular weight is 343 g/mol. The van der Waals surface area contributed by atoms with Gasteiger partial charge in [-0.1, -0.05) is 42.5 Å². The third-order valence-corrected chi connectivity index (χ3v) is 3.99. The Kier molecular flexibility index (Phi) is 3.99. The molecular formula is C20H13N3O3. The first kappa shape index (κ1) is 15.7. The second kappa shape index (κ2) is 6.60. The largest absolute Gasteiger partial charge is 0.416 e. The minimum absolute atomic E-state index is 0.0185. The zero-order chi connectivity index (χ0) is 17.9. The van der Waals surface area contributed by atoms with Crippen molar-refractivity contribution in [2.75, 3.05) is 0 Å². The lowest BCUT2D eigenvalue weighted by Gasteiger charge is -2.02. The molecule has 0 unspecified atom stereocenters. The minimum atomic E-state index is -0.447. The molecule has 0 radical (unpaired) electrons. The Morgan fingerprint density at radius 3 is 1.65 bits per heavy atom. The van der Waals surface area contributed by atoms with Crippen LogP contribution in [0.15, 0.2) is 83.3 Å². The number of hydrogen-bond acceptors (Lipinski definition) is 5. The van der Waals surface area contributed by atoms with Crippen molar-refractivity contribution in [3.63, 3.8) is 0 Å². The van der Waals surface area contributed by atoms with Gasteiger partial charge in [0.05, 0.1) is 4.92 Å². The van der Waals surface area contributed by atoms with Crippen molar-refractivity contribution >= 4 is 5.69 Å². The average Bonchev–Trinajstić information content (AvgIpc) is 3.19. The van der Waals surface area contributed by atoms with Crippen LogP contribution in [-0.4, -0.2) is 15.1 Å². The van der Waals surface area contributed by atoms with Crippen LogP contribution in [-0.2, 0) is 0 Å². The van der Waals surface area contributed by atoms with Gasteiger partial charge in [0.2, 0.25) is 11.8 Å². The van der Waals surface area contributed by atoms with Crippen molar-refractivity contribution in [1.82, 2.24) is 10.2 Å². The third-order valence-electron chi connectivity index (χ3n) is 3.99. The highest BCUT2D eigenvalue weighted by Gasteiger charge is 2.12. The van der Waals surface area contributed by atoms with E-state index in [-0.39, 0.29) is 5.69 Å². The Hall–Kier alpha value is -3.80. The summed E-state index contributed by atoms with van der Waals surface area (Å²) in [6, 6.07) is 23.9. The molecule has 0 amide bonds. The molecule has 1 heterocycles. The molecule has 0 atom stereocenters. The van der Waals surface area contributed by atoms with Gasteiger partial charge in [-0.3, -0.25) is 10.1 Å². The smallest absolute Gasteiger partial charge is 0.269 e. The number of nitro groups is 1. The Morgan fingerprint density at radius 1 is 0.654 bits per heavy atom. The predicted molar refractivity (Wildman–Crippen MR) is 97.3 cm³/mol. The van der Waals surface area contributed by atoms with Crippen LogP contribution < -0.4 is 0 Å². The maximum Gasteiger partial charge on any atom is 0.269 e. The van der Waals surface area contributed by atoms with E-state index in [4.69, 9.17) is 4.42 Å². The third kappa shape index (κ3) is 3.08. The molecule has 0 aliphatic carbocycles. The second-order valence-corrected chi connectivity index (χ2v) is 5.66. The van der Waals surface area contributed by atoms with E-state index >= 15 is 0 Å². The van der Waals surface area contributed by atoms with Crippen LogP contribution in [0.3, 0.4) is 0 Å². The summed E-state index contributed by atoms with van der Waals surface area (Å²) in [5.74, 6) is 0.722. The fourth-order valence-corrected chi connectivity index (χ4v) is 2.62. The summed E-state index contributed by atoms with van der Waals surface area (Å²) >= 11 is 0. The van der Waals surface area contributed by atoms with E-state index < -0.39 is 4.92 Å². The first-order valence-electron chi connectivity index (χ1n) is 7.95. The molecule has 6 heteroatoms. The molecule has 0 saturated carbocycles. The van der Waals surface area contributed by atoms with Gasteiger partial charge in [-0.15, -0.1) is 10.2 Å². The van der Waals surface area contributed by atoms with Gasteiger partial charge in [0.1, 0.15) is 0 Å². The zero-order valence-corrected chi connectivity index (χ0v) is 13.6. The summed E-state index contributed by atoms with van der Waals surface area (Å²) < 4.78 is 5.71. The monoisotopic (exact) mass is 343 g/mol. The summed E-state index contributed by atoms with van der Waals surface area (Å²) in [6.45, 7) is 0. The van der Waals surface area contributed by atoms with Crippen LogP contribution >= 0.6 is 0 Å². The van der Waals surface area contributed by atoms with Crippen LogP contribution in [0.4, 0.5) is 5.69 Å². The molecule has 6 nitrogen and oxygen atoms in total. The number of aromatic nitrogens is 2. The number of hydrogen-bond donors (Lipinski definition) is 0. The topological polar surface area (TPSA) is 82.1 Å². The normalized spacial score (nSPS) is 10.6. The summed E-state index contributed by atoms with van der Waals surface area (Å²) in [5, 5.41) is 18.8. The molecule has 0 saturated heterocycles. The van der Waals surface area contributed by atoms with E-state index in [0.717, 1.165) is 16.7 Å². The summed E-state index contributed by atoms with van der Waals surface area (Å²) in [6.07, 6.45) is 0. The van der Waals surface area contributed by atoms with Gasteiger partial charge in [-0.25, -0.2) is 0 Å². The molecule has 126 valence electrons. The van der Waals surface area contributed by atoms with Gasteiger partial charge >= 0.3 is 0 Å². The molecule has 0 bridgehead atoms. The molecule has 0 N–H and O–H groups in total. The predicted octanol–water partition coefficient (Wildman–Crippen LogP) is 4.98. The quantitative estimate of drug-likeness (QED) is 0.385. The molecule has 0 fully saturated rings. The van der Waals surface area contributed by atoms with E-state index in [1.54, 1.807) is 12.1 Å². The van der Waals surface area contributed by atoms with Gasteiger partial charge in [0.15, 0.2) is 0 Å². The molecule has 1 aromatic heterocycles. The van der Waals surface area contributed by atoms with E-state index in [9.17, 15) is 10.1 Å².